The lowest BCUT2D eigenvalue weighted by Crippen LogP contribution is -2.29. The van der Waals surface area contributed by atoms with Gasteiger partial charge in [0, 0.05) is 13.2 Å². The third-order valence-electron chi connectivity index (χ3n) is 2.66. The van der Waals surface area contributed by atoms with E-state index in [1.165, 1.54) is 7.11 Å². The van der Waals surface area contributed by atoms with Gasteiger partial charge in [-0.25, -0.2) is 4.98 Å². The molecule has 1 atom stereocenters. The molecule has 0 aliphatic carbocycles. The number of nitrogens with zero attached hydrogens (tertiary/aromatic N) is 2. The van der Waals surface area contributed by atoms with Gasteiger partial charge in [0.05, 0.1) is 26.5 Å². The molecule has 0 saturated carbocycles. The molecular formula is C12H22N4O3. The largest absolute Gasteiger partial charge is 0.480 e. The first kappa shape index (κ1) is 15.6. The van der Waals surface area contributed by atoms with Crippen LogP contribution in [-0.2, 0) is 4.74 Å². The van der Waals surface area contributed by atoms with Crippen LogP contribution in [0.1, 0.15) is 31.5 Å². The van der Waals surface area contributed by atoms with E-state index in [0.29, 0.717) is 30.7 Å². The predicted octanol–water partition coefficient (Wildman–Crippen LogP) is 0.815. The van der Waals surface area contributed by atoms with Gasteiger partial charge in [-0.05, 0) is 19.8 Å². The number of methoxy groups -OCH3 is 2. The van der Waals surface area contributed by atoms with Crippen LogP contribution in [0.15, 0.2) is 6.20 Å². The van der Waals surface area contributed by atoms with Crippen molar-refractivity contribution in [2.24, 2.45) is 5.84 Å². The molecule has 1 unspecified atom stereocenters. The SMILES string of the molecule is CCOCCCC(NN)c1ncc(OC)nc1OC. The Hall–Kier alpha value is -1.44. The van der Waals surface area contributed by atoms with Gasteiger partial charge in [-0.3, -0.25) is 11.3 Å². The van der Waals surface area contributed by atoms with E-state index < -0.39 is 0 Å². The van der Waals surface area contributed by atoms with Gasteiger partial charge in [-0.15, -0.1) is 0 Å². The fourth-order valence-electron chi connectivity index (χ4n) is 1.69. The fraction of sp³-hybridized carbons (Fsp3) is 0.667. The average molecular weight is 270 g/mol. The Morgan fingerprint density at radius 1 is 1.37 bits per heavy atom. The fourth-order valence-corrected chi connectivity index (χ4v) is 1.69. The van der Waals surface area contributed by atoms with Crippen LogP contribution in [0, 0.1) is 0 Å². The van der Waals surface area contributed by atoms with E-state index in [0.717, 1.165) is 12.8 Å². The van der Waals surface area contributed by atoms with Crippen molar-refractivity contribution in [1.29, 1.82) is 0 Å². The van der Waals surface area contributed by atoms with Crippen molar-refractivity contribution in [2.45, 2.75) is 25.8 Å². The highest BCUT2D eigenvalue weighted by atomic mass is 16.5. The summed E-state index contributed by atoms with van der Waals surface area (Å²) in [6.07, 6.45) is 3.21. The molecule has 0 bridgehead atoms. The zero-order valence-electron chi connectivity index (χ0n) is 11.7. The molecule has 7 heteroatoms. The van der Waals surface area contributed by atoms with Crippen LogP contribution in [0.2, 0.25) is 0 Å². The molecule has 0 amide bonds. The van der Waals surface area contributed by atoms with E-state index >= 15 is 0 Å². The molecule has 0 aliphatic rings. The number of hydrogen-bond donors (Lipinski definition) is 2. The summed E-state index contributed by atoms with van der Waals surface area (Å²) >= 11 is 0. The standard InChI is InChI=1S/C12H22N4O3/c1-4-19-7-5-6-9(16-13)11-12(18-3)15-10(17-2)8-14-11/h8-9,16H,4-7,13H2,1-3H3. The van der Waals surface area contributed by atoms with Crippen molar-refractivity contribution in [1.82, 2.24) is 15.4 Å². The van der Waals surface area contributed by atoms with Crippen LogP contribution in [0.25, 0.3) is 0 Å². The maximum Gasteiger partial charge on any atom is 0.240 e. The number of rotatable bonds is 9. The lowest BCUT2D eigenvalue weighted by Gasteiger charge is -2.17. The molecule has 1 heterocycles. The van der Waals surface area contributed by atoms with Crippen molar-refractivity contribution in [3.8, 4) is 11.8 Å². The van der Waals surface area contributed by atoms with Crippen LogP contribution >= 0.6 is 0 Å². The topological polar surface area (TPSA) is 91.5 Å². The molecule has 3 N–H and O–H groups in total. The zero-order chi connectivity index (χ0) is 14.1. The van der Waals surface area contributed by atoms with Crippen LogP contribution < -0.4 is 20.7 Å². The highest BCUT2D eigenvalue weighted by molar-refractivity contribution is 5.25. The summed E-state index contributed by atoms with van der Waals surface area (Å²) in [4.78, 5) is 8.48. The first-order chi connectivity index (χ1) is 9.26. The Morgan fingerprint density at radius 2 is 2.16 bits per heavy atom. The van der Waals surface area contributed by atoms with Gasteiger partial charge in [0.25, 0.3) is 0 Å². The highest BCUT2D eigenvalue weighted by Gasteiger charge is 2.18. The first-order valence-electron chi connectivity index (χ1n) is 6.25. The van der Waals surface area contributed by atoms with Crippen molar-refractivity contribution in [2.75, 3.05) is 27.4 Å². The first-order valence-corrected chi connectivity index (χ1v) is 6.25. The predicted molar refractivity (Wildman–Crippen MR) is 70.9 cm³/mol. The molecule has 19 heavy (non-hydrogen) atoms. The molecule has 1 aromatic heterocycles. The van der Waals surface area contributed by atoms with E-state index in [2.05, 4.69) is 15.4 Å². The number of hydrazine groups is 1. The number of ether oxygens (including phenoxy) is 3. The van der Waals surface area contributed by atoms with E-state index in [9.17, 15) is 0 Å². The molecule has 0 saturated heterocycles. The second kappa shape index (κ2) is 8.63. The minimum absolute atomic E-state index is 0.131. The van der Waals surface area contributed by atoms with E-state index in [1.54, 1.807) is 13.3 Å². The van der Waals surface area contributed by atoms with Crippen LogP contribution in [0.3, 0.4) is 0 Å². The maximum atomic E-state index is 5.57. The number of nitrogens with two attached hydrogens (primary N) is 1. The average Bonchev–Trinajstić information content (AvgIpc) is 2.47. The molecule has 0 radical (unpaired) electrons. The van der Waals surface area contributed by atoms with Gasteiger partial charge < -0.3 is 14.2 Å². The molecule has 1 rings (SSSR count). The lowest BCUT2D eigenvalue weighted by molar-refractivity contribution is 0.140. The molecule has 0 spiro atoms. The van der Waals surface area contributed by atoms with Gasteiger partial charge in [0.15, 0.2) is 0 Å². The summed E-state index contributed by atoms with van der Waals surface area (Å²) < 4.78 is 15.5. The van der Waals surface area contributed by atoms with Crippen LogP contribution in [-0.4, -0.2) is 37.4 Å². The van der Waals surface area contributed by atoms with E-state index in [4.69, 9.17) is 20.1 Å². The Morgan fingerprint density at radius 3 is 2.74 bits per heavy atom. The van der Waals surface area contributed by atoms with Crippen molar-refractivity contribution < 1.29 is 14.2 Å². The number of nitrogens with one attached hydrogen (secondary N) is 1. The monoisotopic (exact) mass is 270 g/mol. The molecule has 0 aromatic carbocycles. The van der Waals surface area contributed by atoms with E-state index in [-0.39, 0.29) is 6.04 Å². The van der Waals surface area contributed by atoms with Crippen molar-refractivity contribution >= 4 is 0 Å². The van der Waals surface area contributed by atoms with E-state index in [1.807, 2.05) is 6.92 Å². The Labute approximate surface area is 113 Å². The van der Waals surface area contributed by atoms with Gasteiger partial charge >= 0.3 is 0 Å². The molecule has 7 nitrogen and oxygen atoms in total. The molecule has 108 valence electrons. The summed E-state index contributed by atoms with van der Waals surface area (Å²) in [5.74, 6) is 6.39. The third-order valence-corrected chi connectivity index (χ3v) is 2.66. The van der Waals surface area contributed by atoms with Gasteiger partial charge in [-0.2, -0.15) is 4.98 Å². The van der Waals surface area contributed by atoms with Gasteiger partial charge in [0.1, 0.15) is 5.69 Å². The third kappa shape index (κ3) is 4.62. The minimum Gasteiger partial charge on any atom is -0.480 e. The summed E-state index contributed by atoms with van der Waals surface area (Å²) in [5.41, 5.74) is 3.40. The van der Waals surface area contributed by atoms with Crippen LogP contribution in [0.4, 0.5) is 0 Å². The van der Waals surface area contributed by atoms with Gasteiger partial charge in [-0.1, -0.05) is 0 Å². The second-order valence-corrected chi connectivity index (χ2v) is 3.87. The van der Waals surface area contributed by atoms with Crippen molar-refractivity contribution in [3.05, 3.63) is 11.9 Å². The smallest absolute Gasteiger partial charge is 0.240 e. The quantitative estimate of drug-likeness (QED) is 0.390. The van der Waals surface area contributed by atoms with Gasteiger partial charge in [0.2, 0.25) is 11.8 Å². The molecular weight excluding hydrogens is 248 g/mol. The van der Waals surface area contributed by atoms with Crippen LogP contribution in [0.5, 0.6) is 11.8 Å². The zero-order valence-corrected chi connectivity index (χ0v) is 11.7. The lowest BCUT2D eigenvalue weighted by atomic mass is 10.1. The number of hydrogen-bond acceptors (Lipinski definition) is 7. The second-order valence-electron chi connectivity index (χ2n) is 3.87. The Bertz CT molecular complexity index is 376. The molecule has 1 aromatic rings. The molecule has 0 aliphatic heterocycles. The summed E-state index contributed by atoms with van der Waals surface area (Å²) in [7, 11) is 3.07. The summed E-state index contributed by atoms with van der Waals surface area (Å²) in [6, 6.07) is -0.131. The Kier molecular flexibility index (Phi) is 7.09. The van der Waals surface area contributed by atoms with Crippen molar-refractivity contribution in [3.63, 3.8) is 0 Å². The molecule has 0 fully saturated rings. The normalized spacial score (nSPS) is 12.2. The number of aromatic nitrogens is 2. The summed E-state index contributed by atoms with van der Waals surface area (Å²) in [5, 5.41) is 0. The minimum atomic E-state index is -0.131. The maximum absolute atomic E-state index is 5.57. The summed E-state index contributed by atoms with van der Waals surface area (Å²) in [6.45, 7) is 3.38. The Balaban J connectivity index is 2.73. The highest BCUT2D eigenvalue weighted by Crippen LogP contribution is 2.25.